The number of aliphatic hydroxyl groups is 2. The molecule has 0 radical (unpaired) electrons. The van der Waals surface area contributed by atoms with Crippen LogP contribution in [0.3, 0.4) is 0 Å². The van der Waals surface area contributed by atoms with Crippen molar-refractivity contribution in [3.63, 3.8) is 0 Å². The van der Waals surface area contributed by atoms with Gasteiger partial charge in [0.2, 0.25) is 5.43 Å². The molecule has 0 atom stereocenters. The zero-order chi connectivity index (χ0) is 16.7. The van der Waals surface area contributed by atoms with Crippen molar-refractivity contribution in [3.8, 4) is 5.75 Å². The molecule has 1 aromatic carbocycles. The summed E-state index contributed by atoms with van der Waals surface area (Å²) in [6.07, 6.45) is 1.34. The number of benzene rings is 1. The lowest BCUT2D eigenvalue weighted by Gasteiger charge is -2.23. The van der Waals surface area contributed by atoms with Gasteiger partial charge in [0.15, 0.2) is 5.75 Å². The third kappa shape index (κ3) is 4.92. The lowest BCUT2D eigenvalue weighted by atomic mass is 10.2. The molecule has 2 rings (SSSR count). The van der Waals surface area contributed by atoms with Crippen LogP contribution >= 0.6 is 0 Å². The minimum Gasteiger partial charge on any atom is -0.503 e. The van der Waals surface area contributed by atoms with Gasteiger partial charge in [0.25, 0.3) is 0 Å². The van der Waals surface area contributed by atoms with Gasteiger partial charge in [-0.1, -0.05) is 30.3 Å². The van der Waals surface area contributed by atoms with E-state index in [1.54, 1.807) is 4.57 Å². The molecule has 0 aliphatic carbocycles. The molecule has 0 saturated heterocycles. The summed E-state index contributed by atoms with van der Waals surface area (Å²) in [5.74, 6) is -0.334. The lowest BCUT2D eigenvalue weighted by Crippen LogP contribution is -2.28. The SMILES string of the molecule is O=c1cc(CN(CCO)Cc2ccccc2)n(CCO)cc1O. The van der Waals surface area contributed by atoms with Crippen molar-refractivity contribution in [2.24, 2.45) is 0 Å². The molecule has 23 heavy (non-hydrogen) atoms. The van der Waals surface area contributed by atoms with Crippen LogP contribution in [-0.2, 0) is 19.6 Å². The summed E-state index contributed by atoms with van der Waals surface area (Å²) in [4.78, 5) is 13.7. The van der Waals surface area contributed by atoms with Gasteiger partial charge < -0.3 is 19.9 Å². The van der Waals surface area contributed by atoms with Crippen LogP contribution in [0.5, 0.6) is 5.75 Å². The Kier molecular flexibility index (Phi) is 6.34. The Labute approximate surface area is 134 Å². The van der Waals surface area contributed by atoms with Gasteiger partial charge in [0.1, 0.15) is 0 Å². The van der Waals surface area contributed by atoms with E-state index in [1.165, 1.54) is 12.3 Å². The van der Waals surface area contributed by atoms with E-state index >= 15 is 0 Å². The van der Waals surface area contributed by atoms with Gasteiger partial charge in [-0.25, -0.2) is 0 Å². The number of rotatable bonds is 8. The van der Waals surface area contributed by atoms with Crippen molar-refractivity contribution in [3.05, 3.63) is 64.1 Å². The fraction of sp³-hybridized carbons (Fsp3) is 0.353. The molecule has 0 spiro atoms. The van der Waals surface area contributed by atoms with E-state index in [0.29, 0.717) is 31.9 Å². The summed E-state index contributed by atoms with van der Waals surface area (Å²) >= 11 is 0. The highest BCUT2D eigenvalue weighted by Crippen LogP contribution is 2.11. The van der Waals surface area contributed by atoms with Gasteiger partial charge in [0, 0.05) is 37.9 Å². The number of nitrogens with zero attached hydrogens (tertiary/aromatic N) is 2. The maximum atomic E-state index is 11.7. The van der Waals surface area contributed by atoms with E-state index in [-0.39, 0.29) is 19.0 Å². The largest absolute Gasteiger partial charge is 0.503 e. The predicted molar refractivity (Wildman–Crippen MR) is 87.1 cm³/mol. The molecule has 1 heterocycles. The topological polar surface area (TPSA) is 85.9 Å². The number of aromatic hydroxyl groups is 1. The fourth-order valence-electron chi connectivity index (χ4n) is 2.48. The second-order valence-corrected chi connectivity index (χ2v) is 5.35. The van der Waals surface area contributed by atoms with Crippen molar-refractivity contribution in [2.45, 2.75) is 19.6 Å². The Morgan fingerprint density at radius 2 is 1.78 bits per heavy atom. The molecule has 0 bridgehead atoms. The van der Waals surface area contributed by atoms with E-state index < -0.39 is 5.43 Å². The van der Waals surface area contributed by atoms with Gasteiger partial charge in [0.05, 0.1) is 19.4 Å². The zero-order valence-electron chi connectivity index (χ0n) is 12.9. The minimum absolute atomic E-state index is 0.00908. The fourth-order valence-corrected chi connectivity index (χ4v) is 2.48. The van der Waals surface area contributed by atoms with E-state index in [2.05, 4.69) is 0 Å². The molecule has 0 saturated carbocycles. The standard InChI is InChI=1S/C17H22N2O4/c20-8-6-18(11-14-4-2-1-3-5-14)12-15-10-16(22)17(23)13-19(15)7-9-21/h1-5,10,13,20-21,23H,6-9,11-12H2. The highest BCUT2D eigenvalue weighted by atomic mass is 16.3. The number of aliphatic hydroxyl groups excluding tert-OH is 2. The molecule has 1 aromatic heterocycles. The van der Waals surface area contributed by atoms with Crippen LogP contribution in [0.15, 0.2) is 47.4 Å². The molecule has 2 aromatic rings. The monoisotopic (exact) mass is 318 g/mol. The number of aromatic nitrogens is 1. The Morgan fingerprint density at radius 1 is 1.04 bits per heavy atom. The van der Waals surface area contributed by atoms with Gasteiger partial charge in [-0.3, -0.25) is 9.69 Å². The molecule has 3 N–H and O–H groups in total. The molecule has 0 unspecified atom stereocenters. The Bertz CT molecular complexity index is 670. The van der Waals surface area contributed by atoms with E-state index in [4.69, 9.17) is 5.11 Å². The van der Waals surface area contributed by atoms with Crippen molar-refractivity contribution in [2.75, 3.05) is 19.8 Å². The second-order valence-electron chi connectivity index (χ2n) is 5.35. The summed E-state index contributed by atoms with van der Waals surface area (Å²) in [6, 6.07) is 11.2. The number of pyridine rings is 1. The summed E-state index contributed by atoms with van der Waals surface area (Å²) in [6.45, 7) is 1.74. The van der Waals surface area contributed by atoms with Crippen LogP contribution < -0.4 is 5.43 Å². The van der Waals surface area contributed by atoms with Crippen LogP contribution in [0.1, 0.15) is 11.3 Å². The van der Waals surface area contributed by atoms with Crippen LogP contribution in [0, 0.1) is 0 Å². The van der Waals surface area contributed by atoms with Gasteiger partial charge in [-0.2, -0.15) is 0 Å². The van der Waals surface area contributed by atoms with Crippen molar-refractivity contribution in [1.29, 1.82) is 0 Å². The predicted octanol–water partition coefficient (Wildman–Crippen LogP) is 0.541. The second kappa shape index (κ2) is 8.47. The number of hydrogen-bond acceptors (Lipinski definition) is 5. The van der Waals surface area contributed by atoms with E-state index in [0.717, 1.165) is 5.56 Å². The summed E-state index contributed by atoms with van der Waals surface area (Å²) < 4.78 is 1.66. The maximum absolute atomic E-state index is 11.7. The summed E-state index contributed by atoms with van der Waals surface area (Å²) in [5.41, 5.74) is 1.35. The molecule has 0 amide bonds. The molecule has 124 valence electrons. The Morgan fingerprint density at radius 3 is 2.43 bits per heavy atom. The smallest absolute Gasteiger partial charge is 0.223 e. The Balaban J connectivity index is 2.22. The van der Waals surface area contributed by atoms with Gasteiger partial charge >= 0.3 is 0 Å². The minimum atomic E-state index is -0.446. The Hall–Kier alpha value is -2.15. The van der Waals surface area contributed by atoms with E-state index in [9.17, 15) is 15.0 Å². The zero-order valence-corrected chi connectivity index (χ0v) is 12.9. The first-order chi connectivity index (χ1) is 11.1. The summed E-state index contributed by atoms with van der Waals surface area (Å²) in [7, 11) is 0. The first-order valence-corrected chi connectivity index (χ1v) is 7.54. The quantitative estimate of drug-likeness (QED) is 0.661. The molecule has 6 nitrogen and oxygen atoms in total. The third-order valence-electron chi connectivity index (χ3n) is 3.59. The lowest BCUT2D eigenvalue weighted by molar-refractivity contribution is 0.179. The highest BCUT2D eigenvalue weighted by Gasteiger charge is 2.11. The van der Waals surface area contributed by atoms with Gasteiger partial charge in [-0.05, 0) is 5.56 Å². The molecule has 0 fully saturated rings. The molecular formula is C17H22N2O4. The first kappa shape index (κ1) is 17.2. The molecular weight excluding hydrogens is 296 g/mol. The summed E-state index contributed by atoms with van der Waals surface area (Å²) in [5, 5.41) is 28.0. The molecule has 6 heteroatoms. The normalized spacial score (nSPS) is 11.1. The van der Waals surface area contributed by atoms with Crippen LogP contribution in [-0.4, -0.2) is 44.5 Å². The van der Waals surface area contributed by atoms with Crippen LogP contribution in [0.4, 0.5) is 0 Å². The maximum Gasteiger partial charge on any atom is 0.223 e. The average Bonchev–Trinajstić information content (AvgIpc) is 2.53. The van der Waals surface area contributed by atoms with Crippen LogP contribution in [0.25, 0.3) is 0 Å². The average molecular weight is 318 g/mol. The first-order valence-electron chi connectivity index (χ1n) is 7.54. The van der Waals surface area contributed by atoms with Gasteiger partial charge in [-0.15, -0.1) is 0 Å². The van der Waals surface area contributed by atoms with Crippen molar-refractivity contribution < 1.29 is 15.3 Å². The van der Waals surface area contributed by atoms with Crippen molar-refractivity contribution >= 4 is 0 Å². The highest BCUT2D eigenvalue weighted by molar-refractivity contribution is 5.21. The number of hydrogen-bond donors (Lipinski definition) is 3. The van der Waals surface area contributed by atoms with Crippen LogP contribution in [0.2, 0.25) is 0 Å². The van der Waals surface area contributed by atoms with Crippen molar-refractivity contribution in [1.82, 2.24) is 9.47 Å². The third-order valence-corrected chi connectivity index (χ3v) is 3.59. The molecule has 0 aliphatic heterocycles. The van der Waals surface area contributed by atoms with E-state index in [1.807, 2.05) is 35.2 Å². The molecule has 0 aliphatic rings.